The number of rotatable bonds is 17. The summed E-state index contributed by atoms with van der Waals surface area (Å²) < 4.78 is 90.0. The van der Waals surface area contributed by atoms with Gasteiger partial charge in [-0.25, -0.2) is 17.6 Å². The standard InChI is InChI=1S/C28H33F6N3O3/c1-2-3-24(25(38)26(39)37-21-10-11-21)35-16-22(15-27(31,32)14-18-4-6-19(29)7-5-18)36-17-28(33,34)40-23-12-8-20(30)9-13-23/h4-9,12-13,21-22,24,35-36H,2-3,10-11,14-17H2,1H3,(H,37,39)/t22-,24+/m1/s1. The van der Waals surface area contributed by atoms with Gasteiger partial charge in [-0.05, 0) is 61.2 Å². The van der Waals surface area contributed by atoms with Gasteiger partial charge in [-0.2, -0.15) is 8.78 Å². The third-order valence-corrected chi connectivity index (χ3v) is 6.24. The second kappa shape index (κ2) is 14.0. The van der Waals surface area contributed by atoms with Crippen LogP contribution in [0.5, 0.6) is 5.75 Å². The Hall–Kier alpha value is -3.12. The van der Waals surface area contributed by atoms with Gasteiger partial charge in [0.1, 0.15) is 23.9 Å². The lowest BCUT2D eigenvalue weighted by Crippen LogP contribution is -2.53. The molecule has 1 saturated carbocycles. The average molecular weight is 574 g/mol. The molecular formula is C28H33F6N3O3. The van der Waals surface area contributed by atoms with Gasteiger partial charge in [-0.15, -0.1) is 0 Å². The van der Waals surface area contributed by atoms with E-state index in [1.54, 1.807) is 6.92 Å². The predicted octanol–water partition coefficient (Wildman–Crippen LogP) is 4.77. The average Bonchev–Trinajstić information content (AvgIpc) is 3.71. The van der Waals surface area contributed by atoms with Gasteiger partial charge in [0.05, 0.1) is 6.04 Å². The minimum Gasteiger partial charge on any atom is -0.432 e. The number of hydrogen-bond donors (Lipinski definition) is 3. The highest BCUT2D eigenvalue weighted by Crippen LogP contribution is 2.27. The fourth-order valence-corrected chi connectivity index (χ4v) is 4.07. The molecule has 2 aromatic rings. The van der Waals surface area contributed by atoms with E-state index in [0.717, 1.165) is 49.2 Å². The van der Waals surface area contributed by atoms with Gasteiger partial charge >= 0.3 is 6.11 Å². The molecule has 3 rings (SSSR count). The summed E-state index contributed by atoms with van der Waals surface area (Å²) in [7, 11) is 0. The number of carbonyl (C=O) groups excluding carboxylic acids is 2. The number of ether oxygens (including phenoxy) is 1. The van der Waals surface area contributed by atoms with Crippen molar-refractivity contribution in [2.24, 2.45) is 0 Å². The molecule has 40 heavy (non-hydrogen) atoms. The third-order valence-electron chi connectivity index (χ3n) is 6.24. The molecule has 1 aliphatic carbocycles. The lowest BCUT2D eigenvalue weighted by Gasteiger charge is -2.28. The van der Waals surface area contributed by atoms with Crippen molar-refractivity contribution >= 4 is 11.7 Å². The molecule has 0 spiro atoms. The number of halogens is 6. The van der Waals surface area contributed by atoms with Crippen molar-refractivity contribution in [3.8, 4) is 5.75 Å². The summed E-state index contributed by atoms with van der Waals surface area (Å²) in [6, 6.07) is 6.07. The zero-order chi connectivity index (χ0) is 29.3. The highest BCUT2D eigenvalue weighted by Gasteiger charge is 2.38. The first kappa shape index (κ1) is 31.4. The van der Waals surface area contributed by atoms with Crippen LogP contribution in [-0.2, 0) is 16.0 Å². The minimum absolute atomic E-state index is 0.0540. The van der Waals surface area contributed by atoms with Crippen LogP contribution in [0, 0.1) is 11.6 Å². The molecule has 0 saturated heterocycles. The number of amides is 1. The van der Waals surface area contributed by atoms with Crippen molar-refractivity contribution in [3.63, 3.8) is 0 Å². The Morgan fingerprint density at radius 1 is 0.950 bits per heavy atom. The molecule has 0 unspecified atom stereocenters. The molecule has 220 valence electrons. The van der Waals surface area contributed by atoms with Crippen LogP contribution < -0.4 is 20.7 Å². The smallest absolute Gasteiger partial charge is 0.410 e. The van der Waals surface area contributed by atoms with Crippen molar-refractivity contribution in [1.29, 1.82) is 0 Å². The van der Waals surface area contributed by atoms with Crippen LogP contribution >= 0.6 is 0 Å². The van der Waals surface area contributed by atoms with E-state index in [1.807, 2.05) is 0 Å². The van der Waals surface area contributed by atoms with Gasteiger partial charge < -0.3 is 20.7 Å². The van der Waals surface area contributed by atoms with E-state index in [-0.39, 0.29) is 30.3 Å². The second-order valence-corrected chi connectivity index (χ2v) is 10.00. The van der Waals surface area contributed by atoms with Crippen LogP contribution in [0.1, 0.15) is 44.6 Å². The molecule has 1 aliphatic rings. The number of ketones is 1. The Morgan fingerprint density at radius 3 is 2.12 bits per heavy atom. The van der Waals surface area contributed by atoms with Crippen LogP contribution in [0.2, 0.25) is 0 Å². The topological polar surface area (TPSA) is 79.5 Å². The fraction of sp³-hybridized carbons (Fsp3) is 0.500. The molecule has 0 aromatic heterocycles. The van der Waals surface area contributed by atoms with Crippen molar-refractivity contribution in [1.82, 2.24) is 16.0 Å². The molecule has 6 nitrogen and oxygen atoms in total. The maximum Gasteiger partial charge on any atom is 0.410 e. The first-order valence-electron chi connectivity index (χ1n) is 13.1. The number of carbonyl (C=O) groups is 2. The summed E-state index contributed by atoms with van der Waals surface area (Å²) in [5.41, 5.74) is 0.152. The van der Waals surface area contributed by atoms with E-state index in [0.29, 0.717) is 6.42 Å². The lowest BCUT2D eigenvalue weighted by atomic mass is 9.99. The van der Waals surface area contributed by atoms with Crippen LogP contribution in [0.4, 0.5) is 26.3 Å². The van der Waals surface area contributed by atoms with E-state index in [1.165, 1.54) is 12.1 Å². The minimum atomic E-state index is -3.84. The third kappa shape index (κ3) is 10.8. The highest BCUT2D eigenvalue weighted by atomic mass is 19.3. The molecular weight excluding hydrogens is 540 g/mol. The first-order chi connectivity index (χ1) is 18.9. The van der Waals surface area contributed by atoms with Crippen LogP contribution in [0.3, 0.4) is 0 Å². The summed E-state index contributed by atoms with van der Waals surface area (Å²) in [6.07, 6.45) is -3.24. The monoisotopic (exact) mass is 573 g/mol. The van der Waals surface area contributed by atoms with Crippen molar-refractivity contribution in [2.75, 3.05) is 13.1 Å². The number of hydrogen-bond acceptors (Lipinski definition) is 5. The van der Waals surface area contributed by atoms with E-state index in [4.69, 9.17) is 0 Å². The Balaban J connectivity index is 1.68. The van der Waals surface area contributed by atoms with Gasteiger partial charge in [0, 0.05) is 31.5 Å². The first-order valence-corrected chi connectivity index (χ1v) is 13.1. The Bertz CT molecular complexity index is 1110. The zero-order valence-corrected chi connectivity index (χ0v) is 22.0. The van der Waals surface area contributed by atoms with Crippen molar-refractivity contribution < 1.29 is 40.7 Å². The van der Waals surface area contributed by atoms with Gasteiger partial charge in [0.2, 0.25) is 5.78 Å². The normalized spacial score (nSPS) is 15.4. The molecule has 0 aliphatic heterocycles. The summed E-state index contributed by atoms with van der Waals surface area (Å²) in [6.45, 7) is 0.275. The maximum absolute atomic E-state index is 15.0. The number of benzene rings is 2. The van der Waals surface area contributed by atoms with Gasteiger partial charge in [-0.3, -0.25) is 9.59 Å². The number of Topliss-reactive ketones (excluding diaryl/α,β-unsaturated/α-hetero) is 1. The Labute approximate surface area is 228 Å². The second-order valence-electron chi connectivity index (χ2n) is 10.00. The molecule has 12 heteroatoms. The quantitative estimate of drug-likeness (QED) is 0.188. The molecule has 0 bridgehead atoms. The molecule has 3 N–H and O–H groups in total. The Morgan fingerprint density at radius 2 is 1.55 bits per heavy atom. The van der Waals surface area contributed by atoms with Gasteiger partial charge in [-0.1, -0.05) is 25.5 Å². The van der Waals surface area contributed by atoms with E-state index in [2.05, 4.69) is 20.7 Å². The predicted molar refractivity (Wildman–Crippen MR) is 136 cm³/mol. The van der Waals surface area contributed by atoms with Crippen LogP contribution in [0.25, 0.3) is 0 Å². The van der Waals surface area contributed by atoms with Gasteiger partial charge in [0.15, 0.2) is 0 Å². The van der Waals surface area contributed by atoms with Crippen LogP contribution in [0.15, 0.2) is 48.5 Å². The largest absolute Gasteiger partial charge is 0.432 e. The summed E-state index contributed by atoms with van der Waals surface area (Å²) >= 11 is 0. The fourth-order valence-electron chi connectivity index (χ4n) is 4.07. The summed E-state index contributed by atoms with van der Waals surface area (Å²) in [4.78, 5) is 24.9. The highest BCUT2D eigenvalue weighted by molar-refractivity contribution is 6.38. The summed E-state index contributed by atoms with van der Waals surface area (Å²) in [5, 5.41) is 7.78. The van der Waals surface area contributed by atoms with E-state index in [9.17, 15) is 27.2 Å². The molecule has 1 amide bonds. The zero-order valence-electron chi connectivity index (χ0n) is 22.0. The Kier molecular flexibility index (Phi) is 11.0. The van der Waals surface area contributed by atoms with E-state index >= 15 is 8.78 Å². The van der Waals surface area contributed by atoms with Gasteiger partial charge in [0.25, 0.3) is 11.8 Å². The van der Waals surface area contributed by atoms with Crippen molar-refractivity contribution in [2.45, 2.75) is 75.6 Å². The molecule has 2 aromatic carbocycles. The number of nitrogens with one attached hydrogen (secondary N) is 3. The molecule has 1 fully saturated rings. The van der Waals surface area contributed by atoms with Crippen molar-refractivity contribution in [3.05, 3.63) is 65.7 Å². The lowest BCUT2D eigenvalue weighted by molar-refractivity contribution is -0.173. The molecule has 2 atom stereocenters. The van der Waals surface area contributed by atoms with E-state index < -0.39 is 66.8 Å². The summed E-state index contributed by atoms with van der Waals surface area (Å²) in [5.74, 6) is -6.48. The SMILES string of the molecule is CCC[C@H](NC[C@@H](CC(F)(F)Cc1ccc(F)cc1)NCC(F)(F)Oc1ccc(F)cc1)C(=O)C(=O)NC1CC1. The number of alkyl halides is 4. The molecule has 0 heterocycles. The maximum atomic E-state index is 15.0. The van der Waals surface area contributed by atoms with Crippen LogP contribution in [-0.4, -0.2) is 54.9 Å². The molecule has 0 radical (unpaired) electrons.